The third kappa shape index (κ3) is 2.51. The SMILES string of the molecule is N.O=c1[nH]n([C@@H]2O[C@H](CO)[C@@H](O)[C@H]2O)ccc1=S. The Morgan fingerprint density at radius 1 is 1.44 bits per heavy atom. The van der Waals surface area contributed by atoms with Crippen LogP contribution in [-0.2, 0) is 4.74 Å². The number of aromatic amines is 1. The molecule has 2 rings (SSSR count). The fraction of sp³-hybridized carbons (Fsp3) is 0.556. The van der Waals surface area contributed by atoms with E-state index in [9.17, 15) is 15.0 Å². The van der Waals surface area contributed by atoms with Crippen molar-refractivity contribution >= 4 is 12.2 Å². The lowest BCUT2D eigenvalue weighted by Gasteiger charge is -2.17. The number of hydrogen-bond acceptors (Lipinski definition) is 7. The molecule has 8 nitrogen and oxygen atoms in total. The summed E-state index contributed by atoms with van der Waals surface area (Å²) in [5, 5.41) is 30.6. The highest BCUT2D eigenvalue weighted by atomic mass is 32.1. The molecule has 102 valence electrons. The third-order valence-electron chi connectivity index (χ3n) is 2.63. The van der Waals surface area contributed by atoms with Crippen molar-refractivity contribution in [3.8, 4) is 0 Å². The summed E-state index contributed by atoms with van der Waals surface area (Å²) in [6.07, 6.45) is -2.84. The van der Waals surface area contributed by atoms with Gasteiger partial charge in [0.05, 0.1) is 6.61 Å². The molecular weight excluding hydrogens is 262 g/mol. The van der Waals surface area contributed by atoms with Gasteiger partial charge in [-0.05, 0) is 6.07 Å². The monoisotopic (exact) mass is 277 g/mol. The van der Waals surface area contributed by atoms with Crippen molar-refractivity contribution in [2.75, 3.05) is 6.61 Å². The van der Waals surface area contributed by atoms with Crippen LogP contribution in [0.3, 0.4) is 0 Å². The smallest absolute Gasteiger partial charge is 0.280 e. The first-order valence-electron chi connectivity index (χ1n) is 4.98. The summed E-state index contributed by atoms with van der Waals surface area (Å²) in [5.41, 5.74) is -0.486. The standard InChI is InChI=1S/C9H12N2O5S.H3N/c12-3-4-6(13)7(14)9(16-4)11-2-1-5(17)8(15)10-11;/h1-2,4,6-7,9,12-14H,3H2,(H,10,15);1H3/t4-,6-,7-,9-;/m1./s1. The molecule has 4 atom stereocenters. The zero-order valence-electron chi connectivity index (χ0n) is 9.39. The Bertz CT molecular complexity index is 515. The normalized spacial score (nSPS) is 31.1. The summed E-state index contributed by atoms with van der Waals surface area (Å²) in [4.78, 5) is 11.3. The predicted molar refractivity (Wildman–Crippen MR) is 63.9 cm³/mol. The molecule has 9 heteroatoms. The van der Waals surface area contributed by atoms with Crippen molar-refractivity contribution in [2.45, 2.75) is 24.5 Å². The molecule has 0 unspecified atom stereocenters. The zero-order valence-corrected chi connectivity index (χ0v) is 10.2. The largest absolute Gasteiger partial charge is 0.394 e. The van der Waals surface area contributed by atoms with Crippen molar-refractivity contribution in [3.05, 3.63) is 27.1 Å². The first-order chi connectivity index (χ1) is 8.04. The fourth-order valence-corrected chi connectivity index (χ4v) is 1.80. The molecule has 1 saturated heterocycles. The summed E-state index contributed by atoms with van der Waals surface area (Å²) in [6, 6.07) is 1.39. The molecule has 7 N–H and O–H groups in total. The molecule has 18 heavy (non-hydrogen) atoms. The van der Waals surface area contributed by atoms with Crippen molar-refractivity contribution in [2.24, 2.45) is 0 Å². The molecule has 1 aliphatic rings. The predicted octanol–water partition coefficient (Wildman–Crippen LogP) is -1.32. The Kier molecular flexibility index (Phi) is 4.73. The topological polar surface area (TPSA) is 143 Å². The Balaban J connectivity index is 0.00000162. The fourth-order valence-electron chi connectivity index (χ4n) is 1.69. The first-order valence-corrected chi connectivity index (χ1v) is 5.39. The number of hydrogen-bond donors (Lipinski definition) is 5. The molecule has 1 aliphatic heterocycles. The molecule has 0 spiro atoms. The Morgan fingerprint density at radius 3 is 2.61 bits per heavy atom. The maximum Gasteiger partial charge on any atom is 0.280 e. The minimum Gasteiger partial charge on any atom is -0.394 e. The summed E-state index contributed by atoms with van der Waals surface area (Å²) in [6.45, 7) is -0.418. The third-order valence-corrected chi connectivity index (χ3v) is 2.95. The minimum absolute atomic E-state index is 0. The molecule has 0 saturated carbocycles. The molecule has 1 aromatic rings. The molecule has 0 bridgehead atoms. The number of nitrogens with zero attached hydrogens (tertiary/aromatic N) is 1. The Hall–Kier alpha value is -1.10. The lowest BCUT2D eigenvalue weighted by molar-refractivity contribution is -0.0596. The van der Waals surface area contributed by atoms with Crippen LogP contribution in [-0.4, -0.2) is 50.0 Å². The number of H-pyrrole nitrogens is 1. The van der Waals surface area contributed by atoms with Gasteiger partial charge in [-0.25, -0.2) is 0 Å². The average Bonchev–Trinajstić information content (AvgIpc) is 2.60. The van der Waals surface area contributed by atoms with Crippen molar-refractivity contribution in [3.63, 3.8) is 0 Å². The van der Waals surface area contributed by atoms with E-state index in [1.54, 1.807) is 0 Å². The van der Waals surface area contributed by atoms with E-state index in [-0.39, 0.29) is 10.7 Å². The van der Waals surface area contributed by atoms with E-state index in [2.05, 4.69) is 5.10 Å². The van der Waals surface area contributed by atoms with Crippen LogP contribution in [0.5, 0.6) is 0 Å². The quantitative estimate of drug-likeness (QED) is 0.422. The molecule has 0 amide bonds. The highest BCUT2D eigenvalue weighted by molar-refractivity contribution is 7.71. The van der Waals surface area contributed by atoms with Gasteiger partial charge >= 0.3 is 0 Å². The Morgan fingerprint density at radius 2 is 2.11 bits per heavy atom. The van der Waals surface area contributed by atoms with Gasteiger partial charge < -0.3 is 26.2 Å². The van der Waals surface area contributed by atoms with Gasteiger partial charge in [-0.3, -0.25) is 14.6 Å². The van der Waals surface area contributed by atoms with Gasteiger partial charge in [0, 0.05) is 6.20 Å². The molecule has 2 heterocycles. The van der Waals surface area contributed by atoms with E-state index in [0.717, 1.165) is 0 Å². The lowest BCUT2D eigenvalue weighted by Crippen LogP contribution is -2.34. The number of nitrogens with one attached hydrogen (secondary N) is 1. The highest BCUT2D eigenvalue weighted by Crippen LogP contribution is 2.27. The van der Waals surface area contributed by atoms with Crippen LogP contribution >= 0.6 is 12.2 Å². The molecular formula is C9H15N3O5S. The maximum absolute atomic E-state index is 11.3. The summed E-state index contributed by atoms with van der Waals surface area (Å²) < 4.78 is 6.55. The first kappa shape index (κ1) is 15.0. The Labute approximate surface area is 107 Å². The number of ether oxygens (including phenoxy) is 1. The number of aliphatic hydroxyl groups is 3. The van der Waals surface area contributed by atoms with Crippen molar-refractivity contribution in [1.29, 1.82) is 0 Å². The van der Waals surface area contributed by atoms with Crippen LogP contribution in [0.25, 0.3) is 0 Å². The second-order valence-corrected chi connectivity index (χ2v) is 4.20. The lowest BCUT2D eigenvalue weighted by atomic mass is 10.1. The van der Waals surface area contributed by atoms with Crippen LogP contribution < -0.4 is 11.7 Å². The minimum atomic E-state index is -1.23. The summed E-state index contributed by atoms with van der Waals surface area (Å²) in [5.74, 6) is 0. The van der Waals surface area contributed by atoms with Crippen LogP contribution in [0.15, 0.2) is 17.1 Å². The van der Waals surface area contributed by atoms with Crippen LogP contribution in [0.4, 0.5) is 0 Å². The molecule has 0 radical (unpaired) electrons. The van der Waals surface area contributed by atoms with Crippen molar-refractivity contribution in [1.82, 2.24) is 15.9 Å². The zero-order chi connectivity index (χ0) is 12.6. The van der Waals surface area contributed by atoms with Gasteiger partial charge in [0.15, 0.2) is 6.23 Å². The van der Waals surface area contributed by atoms with Crippen LogP contribution in [0.2, 0.25) is 0 Å². The van der Waals surface area contributed by atoms with Crippen molar-refractivity contribution < 1.29 is 20.1 Å². The maximum atomic E-state index is 11.3. The molecule has 1 aromatic heterocycles. The summed E-state index contributed by atoms with van der Waals surface area (Å²) >= 11 is 4.74. The number of aromatic nitrogens is 2. The van der Waals surface area contributed by atoms with Crippen LogP contribution in [0.1, 0.15) is 6.23 Å². The second-order valence-electron chi connectivity index (χ2n) is 3.76. The molecule has 0 aromatic carbocycles. The van der Waals surface area contributed by atoms with Gasteiger partial charge in [0.1, 0.15) is 22.8 Å². The molecule has 0 aliphatic carbocycles. The van der Waals surface area contributed by atoms with E-state index in [0.29, 0.717) is 0 Å². The number of aliphatic hydroxyl groups excluding tert-OH is 3. The van der Waals surface area contributed by atoms with Gasteiger partial charge in [0.2, 0.25) is 0 Å². The van der Waals surface area contributed by atoms with E-state index in [1.807, 2.05) is 0 Å². The van der Waals surface area contributed by atoms with E-state index in [1.165, 1.54) is 16.9 Å². The van der Waals surface area contributed by atoms with E-state index < -0.39 is 36.7 Å². The van der Waals surface area contributed by atoms with Gasteiger partial charge in [-0.2, -0.15) is 0 Å². The van der Waals surface area contributed by atoms with Crippen LogP contribution in [0, 0.1) is 4.51 Å². The molecule has 1 fully saturated rings. The highest BCUT2D eigenvalue weighted by Gasteiger charge is 2.43. The van der Waals surface area contributed by atoms with Gasteiger partial charge in [-0.1, -0.05) is 12.2 Å². The van der Waals surface area contributed by atoms with E-state index in [4.69, 9.17) is 22.1 Å². The summed E-state index contributed by atoms with van der Waals surface area (Å²) in [7, 11) is 0. The van der Waals surface area contributed by atoms with Gasteiger partial charge in [-0.15, -0.1) is 0 Å². The second kappa shape index (κ2) is 5.69. The average molecular weight is 277 g/mol. The van der Waals surface area contributed by atoms with Gasteiger partial charge in [0.25, 0.3) is 5.56 Å². The number of rotatable bonds is 2. The van der Waals surface area contributed by atoms with E-state index >= 15 is 0 Å².